The third kappa shape index (κ3) is 4.37. The van der Waals surface area contributed by atoms with Gasteiger partial charge in [-0.3, -0.25) is 4.79 Å². The van der Waals surface area contributed by atoms with Crippen molar-refractivity contribution in [2.75, 3.05) is 5.73 Å². The van der Waals surface area contributed by atoms with E-state index in [9.17, 15) is 4.79 Å². The average molecular weight is 275 g/mol. The summed E-state index contributed by atoms with van der Waals surface area (Å²) < 4.78 is 0. The van der Waals surface area contributed by atoms with Crippen molar-refractivity contribution in [2.45, 2.75) is 26.3 Å². The number of thiazole rings is 1. The number of nitrogen functional groups attached to an aromatic ring is 1. The molecule has 0 unspecified atom stereocenters. The molecule has 0 atom stereocenters. The van der Waals surface area contributed by atoms with Gasteiger partial charge in [0.05, 0.1) is 17.2 Å². The quantitative estimate of drug-likeness (QED) is 0.823. The Labute approximate surface area is 116 Å². The van der Waals surface area contributed by atoms with E-state index in [1.165, 1.54) is 0 Å². The molecule has 19 heavy (non-hydrogen) atoms. The molecule has 0 bridgehead atoms. The first-order valence-corrected chi connectivity index (χ1v) is 7.03. The van der Waals surface area contributed by atoms with Crippen LogP contribution in [-0.2, 0) is 17.8 Å². The summed E-state index contributed by atoms with van der Waals surface area (Å²) >= 11 is 1.59. The molecule has 4 nitrogen and oxygen atoms in total. The van der Waals surface area contributed by atoms with Crippen molar-refractivity contribution in [2.24, 2.45) is 0 Å². The lowest BCUT2D eigenvalue weighted by Crippen LogP contribution is -2.23. The fraction of sp³-hybridized carbons (Fsp3) is 0.286. The lowest BCUT2D eigenvalue weighted by Gasteiger charge is -2.04. The molecule has 3 N–H and O–H groups in total. The SMILES string of the molecule is Cc1nc(CNC(=O)CCc2ccc(N)cc2)cs1. The largest absolute Gasteiger partial charge is 0.399 e. The van der Waals surface area contributed by atoms with Crippen LogP contribution in [0.4, 0.5) is 5.69 Å². The van der Waals surface area contributed by atoms with E-state index >= 15 is 0 Å². The molecule has 0 aliphatic carbocycles. The lowest BCUT2D eigenvalue weighted by atomic mass is 10.1. The smallest absolute Gasteiger partial charge is 0.220 e. The molecule has 2 rings (SSSR count). The van der Waals surface area contributed by atoms with Crippen LogP contribution in [0.2, 0.25) is 0 Å². The van der Waals surface area contributed by atoms with Crippen LogP contribution in [0.1, 0.15) is 22.7 Å². The van der Waals surface area contributed by atoms with Crippen molar-refractivity contribution < 1.29 is 4.79 Å². The summed E-state index contributed by atoms with van der Waals surface area (Å²) in [6, 6.07) is 7.61. The van der Waals surface area contributed by atoms with Crippen molar-refractivity contribution >= 4 is 22.9 Å². The summed E-state index contributed by atoms with van der Waals surface area (Å²) in [6.45, 7) is 2.46. The van der Waals surface area contributed by atoms with Gasteiger partial charge < -0.3 is 11.1 Å². The third-order valence-electron chi connectivity index (χ3n) is 2.75. The highest BCUT2D eigenvalue weighted by atomic mass is 32.1. The Bertz CT molecular complexity index is 548. The minimum atomic E-state index is 0.0440. The number of benzene rings is 1. The van der Waals surface area contributed by atoms with Crippen LogP contribution < -0.4 is 11.1 Å². The molecule has 1 aromatic carbocycles. The van der Waals surface area contributed by atoms with Gasteiger partial charge in [0.25, 0.3) is 0 Å². The molecule has 1 amide bonds. The monoisotopic (exact) mass is 275 g/mol. The molecule has 5 heteroatoms. The summed E-state index contributed by atoms with van der Waals surface area (Å²) in [5.41, 5.74) is 8.39. The highest BCUT2D eigenvalue weighted by molar-refractivity contribution is 7.09. The van der Waals surface area contributed by atoms with Crippen LogP contribution in [0.3, 0.4) is 0 Å². The zero-order chi connectivity index (χ0) is 13.7. The maximum absolute atomic E-state index is 11.7. The average Bonchev–Trinajstić information content (AvgIpc) is 2.81. The van der Waals surface area contributed by atoms with Crippen molar-refractivity contribution in [1.82, 2.24) is 10.3 Å². The number of rotatable bonds is 5. The number of carbonyl (C=O) groups is 1. The first-order valence-electron chi connectivity index (χ1n) is 6.15. The molecule has 0 saturated heterocycles. The van der Waals surface area contributed by atoms with Crippen LogP contribution >= 0.6 is 11.3 Å². The molecule has 0 aliphatic heterocycles. The summed E-state index contributed by atoms with van der Waals surface area (Å²) in [6.07, 6.45) is 1.20. The predicted octanol–water partition coefficient (Wildman–Crippen LogP) is 2.28. The van der Waals surface area contributed by atoms with Gasteiger partial charge in [-0.15, -0.1) is 11.3 Å². The van der Waals surface area contributed by atoms with E-state index in [1.807, 2.05) is 36.6 Å². The number of hydrogen-bond donors (Lipinski definition) is 2. The Kier molecular flexibility index (Phi) is 4.52. The number of hydrogen-bond acceptors (Lipinski definition) is 4. The van der Waals surface area contributed by atoms with Gasteiger partial charge in [-0.1, -0.05) is 12.1 Å². The maximum Gasteiger partial charge on any atom is 0.220 e. The molecule has 100 valence electrons. The molecule has 0 spiro atoms. The Hall–Kier alpha value is -1.88. The van der Waals surface area contributed by atoms with Gasteiger partial charge in [-0.2, -0.15) is 0 Å². The Morgan fingerprint density at radius 1 is 1.37 bits per heavy atom. The summed E-state index contributed by atoms with van der Waals surface area (Å²) in [7, 11) is 0. The molecule has 1 heterocycles. The van der Waals surface area contributed by atoms with E-state index in [-0.39, 0.29) is 5.91 Å². The topological polar surface area (TPSA) is 68.0 Å². The van der Waals surface area contributed by atoms with Crippen molar-refractivity contribution in [1.29, 1.82) is 0 Å². The number of amides is 1. The van der Waals surface area contributed by atoms with Crippen LogP contribution in [0.25, 0.3) is 0 Å². The van der Waals surface area contributed by atoms with E-state index in [4.69, 9.17) is 5.73 Å². The molecule has 0 fully saturated rings. The highest BCUT2D eigenvalue weighted by Gasteiger charge is 2.04. The zero-order valence-corrected chi connectivity index (χ0v) is 11.7. The number of aromatic nitrogens is 1. The lowest BCUT2D eigenvalue weighted by molar-refractivity contribution is -0.121. The number of carbonyl (C=O) groups excluding carboxylic acids is 1. The minimum Gasteiger partial charge on any atom is -0.399 e. The second-order valence-electron chi connectivity index (χ2n) is 4.38. The molecule has 0 saturated carbocycles. The number of nitrogens with one attached hydrogen (secondary N) is 1. The Morgan fingerprint density at radius 3 is 2.74 bits per heavy atom. The first-order chi connectivity index (χ1) is 9.13. The Balaban J connectivity index is 1.74. The van der Waals surface area contributed by atoms with Crippen LogP contribution in [0, 0.1) is 6.92 Å². The summed E-state index contributed by atoms with van der Waals surface area (Å²) in [4.78, 5) is 16.0. The number of nitrogens with zero attached hydrogens (tertiary/aromatic N) is 1. The summed E-state index contributed by atoms with van der Waals surface area (Å²) in [5, 5.41) is 5.86. The van der Waals surface area contributed by atoms with Crippen molar-refractivity contribution in [3.05, 3.63) is 45.9 Å². The van der Waals surface area contributed by atoms with Gasteiger partial charge in [0.15, 0.2) is 0 Å². The Morgan fingerprint density at radius 2 is 2.11 bits per heavy atom. The highest BCUT2D eigenvalue weighted by Crippen LogP contribution is 2.09. The van der Waals surface area contributed by atoms with Gasteiger partial charge in [-0.05, 0) is 31.0 Å². The molecule has 0 aliphatic rings. The molecular formula is C14H17N3OS. The van der Waals surface area contributed by atoms with E-state index in [2.05, 4.69) is 10.3 Å². The van der Waals surface area contributed by atoms with Gasteiger partial charge in [-0.25, -0.2) is 4.98 Å². The maximum atomic E-state index is 11.7. The van der Waals surface area contributed by atoms with Crippen LogP contribution in [0.15, 0.2) is 29.6 Å². The second kappa shape index (κ2) is 6.33. The fourth-order valence-electron chi connectivity index (χ4n) is 1.71. The normalized spacial score (nSPS) is 10.4. The number of aryl methyl sites for hydroxylation is 2. The summed E-state index contributed by atoms with van der Waals surface area (Å²) in [5.74, 6) is 0.0440. The first kappa shape index (κ1) is 13.5. The molecule has 0 radical (unpaired) electrons. The van der Waals surface area contributed by atoms with Crippen LogP contribution in [-0.4, -0.2) is 10.9 Å². The van der Waals surface area contributed by atoms with Gasteiger partial charge in [0.1, 0.15) is 0 Å². The van der Waals surface area contributed by atoms with E-state index in [0.717, 1.165) is 28.4 Å². The number of nitrogens with two attached hydrogens (primary N) is 1. The third-order valence-corrected chi connectivity index (χ3v) is 3.58. The van der Waals surface area contributed by atoms with Crippen LogP contribution in [0.5, 0.6) is 0 Å². The second-order valence-corrected chi connectivity index (χ2v) is 5.44. The standard InChI is InChI=1S/C14H17N3OS/c1-10-17-13(9-19-10)8-16-14(18)7-4-11-2-5-12(15)6-3-11/h2-3,5-6,9H,4,7-8,15H2,1H3,(H,16,18). The van der Waals surface area contributed by atoms with E-state index in [1.54, 1.807) is 11.3 Å². The van der Waals surface area contributed by atoms with Gasteiger partial charge >= 0.3 is 0 Å². The molecular weight excluding hydrogens is 258 g/mol. The molecule has 2 aromatic rings. The number of anilines is 1. The van der Waals surface area contributed by atoms with E-state index in [0.29, 0.717) is 13.0 Å². The zero-order valence-electron chi connectivity index (χ0n) is 10.8. The van der Waals surface area contributed by atoms with Gasteiger partial charge in [0.2, 0.25) is 5.91 Å². The van der Waals surface area contributed by atoms with E-state index < -0.39 is 0 Å². The van der Waals surface area contributed by atoms with Crippen molar-refractivity contribution in [3.8, 4) is 0 Å². The van der Waals surface area contributed by atoms with Gasteiger partial charge in [0, 0.05) is 17.5 Å². The minimum absolute atomic E-state index is 0.0440. The molecule has 1 aromatic heterocycles. The van der Waals surface area contributed by atoms with Crippen molar-refractivity contribution in [3.63, 3.8) is 0 Å². The predicted molar refractivity (Wildman–Crippen MR) is 77.9 cm³/mol. The fourth-order valence-corrected chi connectivity index (χ4v) is 2.32.